The molecule has 344 valence electrons. The van der Waals surface area contributed by atoms with Crippen molar-refractivity contribution in [2.75, 3.05) is 14.7 Å². The van der Waals surface area contributed by atoms with Gasteiger partial charge in [-0.05, 0) is 101 Å². The zero-order valence-electron chi connectivity index (χ0n) is 41.1. The summed E-state index contributed by atoms with van der Waals surface area (Å²) in [7, 11) is -0.982. The van der Waals surface area contributed by atoms with Crippen LogP contribution < -0.4 is 79.3 Å². The van der Waals surface area contributed by atoms with Crippen LogP contribution >= 0.6 is 25.7 Å². The van der Waals surface area contributed by atoms with E-state index in [1.54, 1.807) is 0 Å². The standard InChI is InChI=1S/C63H49B2N3P2S2/c1-35(2)38-31-39(36(3)4)57(40(32-38)37(5)6)65-42-20-8-18-30-55(42)72-56-34-50-43(33-44(56)65)64-41-19-7-9-21-45(41)66-48-24-12-16-28-53(48)70(71)54-29-17-13-25-49(54)67-46-22-10-14-26-51(46)69-52-27-15-11-23-47(52)68(50)59-58(64)60(66)63(70)61(67)62(59)69/h7-37H,1-6H3. The first kappa shape index (κ1) is 42.4. The molecule has 72 heavy (non-hydrogen) atoms. The lowest BCUT2D eigenvalue weighted by Gasteiger charge is -2.56. The Kier molecular flexibility index (Phi) is 8.72. The van der Waals surface area contributed by atoms with Crippen molar-refractivity contribution in [3.63, 3.8) is 0 Å². The van der Waals surface area contributed by atoms with Gasteiger partial charge in [-0.3, -0.25) is 0 Å². The van der Waals surface area contributed by atoms with Crippen molar-refractivity contribution in [3.8, 4) is 0 Å². The van der Waals surface area contributed by atoms with Gasteiger partial charge in [-0.25, -0.2) is 0 Å². The van der Waals surface area contributed by atoms with Gasteiger partial charge < -0.3 is 14.7 Å². The van der Waals surface area contributed by atoms with E-state index in [1.165, 1.54) is 142 Å². The third-order valence-corrected chi connectivity index (χ3v) is 25.6. The first-order valence-corrected chi connectivity index (χ1v) is 30.7. The van der Waals surface area contributed by atoms with Gasteiger partial charge in [-0.15, -0.1) is 0 Å². The Morgan fingerprint density at radius 2 is 0.958 bits per heavy atom. The molecule has 0 fully saturated rings. The highest BCUT2D eigenvalue weighted by atomic mass is 32.4. The maximum Gasteiger partial charge on any atom is 0.252 e. The molecule has 0 bridgehead atoms. The number of benzene rings is 9. The number of anilines is 9. The molecular weight excluding hydrogens is 946 g/mol. The SMILES string of the molecule is CC(C)c1cc(C(C)C)c(B2c3ccccc3Sc3cc4c(cc32)B2c3ccccc3N3c5ccccc5P5(=S)c6ccccc6N6c7ccccc7P7c8ccccc8N4c4c2c3c5c6c47)c(C(C)C)c1. The molecular formula is C63H49B2N3P2S2. The van der Waals surface area contributed by atoms with Gasteiger partial charge in [-0.2, -0.15) is 0 Å². The Bertz CT molecular complexity index is 3970. The second-order valence-corrected chi connectivity index (χ2v) is 29.1. The van der Waals surface area contributed by atoms with Gasteiger partial charge in [0.1, 0.15) is 0 Å². The summed E-state index contributed by atoms with van der Waals surface area (Å²) in [4.78, 5) is 10.8. The number of hydrogen-bond acceptors (Lipinski definition) is 5. The van der Waals surface area contributed by atoms with Gasteiger partial charge in [-0.1, -0.05) is 209 Å². The Morgan fingerprint density at radius 3 is 1.58 bits per heavy atom. The molecule has 0 spiro atoms. The highest BCUT2D eigenvalue weighted by Gasteiger charge is 2.58. The van der Waals surface area contributed by atoms with E-state index < -0.39 is 14.0 Å². The van der Waals surface area contributed by atoms with E-state index in [1.807, 2.05) is 11.8 Å². The van der Waals surface area contributed by atoms with Crippen LogP contribution in [-0.2, 0) is 11.8 Å². The molecule has 9 heteroatoms. The lowest BCUT2D eigenvalue weighted by molar-refractivity contribution is 0.812. The van der Waals surface area contributed by atoms with Crippen LogP contribution in [0.4, 0.5) is 51.2 Å². The highest BCUT2D eigenvalue weighted by molar-refractivity contribution is 8.26. The molecule has 3 nitrogen and oxygen atoms in total. The lowest BCUT2D eigenvalue weighted by atomic mass is 9.31. The largest absolute Gasteiger partial charge is 0.310 e. The monoisotopic (exact) mass is 995 g/mol. The van der Waals surface area contributed by atoms with Crippen molar-refractivity contribution >= 4 is 167 Å². The van der Waals surface area contributed by atoms with Crippen molar-refractivity contribution in [3.05, 3.63) is 187 Å². The molecule has 9 aromatic rings. The van der Waals surface area contributed by atoms with E-state index in [-0.39, 0.29) is 13.4 Å². The van der Waals surface area contributed by atoms with E-state index in [4.69, 9.17) is 11.8 Å². The summed E-state index contributed by atoms with van der Waals surface area (Å²) < 4.78 is 0. The summed E-state index contributed by atoms with van der Waals surface area (Å²) in [6.07, 6.45) is 0. The molecule has 16 rings (SSSR count). The number of hydrogen-bond donors (Lipinski definition) is 0. The minimum Gasteiger partial charge on any atom is -0.310 e. The van der Waals surface area contributed by atoms with Crippen LogP contribution in [0.1, 0.15) is 76.0 Å². The second-order valence-electron chi connectivity index (χ2n) is 21.7. The lowest BCUT2D eigenvalue weighted by Crippen LogP contribution is -2.67. The Labute approximate surface area is 434 Å². The molecule has 0 aromatic heterocycles. The first-order chi connectivity index (χ1) is 35.1. The summed E-state index contributed by atoms with van der Waals surface area (Å²) >= 11 is 9.60. The fourth-order valence-electron chi connectivity index (χ4n) is 14.0. The molecule has 0 radical (unpaired) electrons. The molecule has 9 aromatic carbocycles. The summed E-state index contributed by atoms with van der Waals surface area (Å²) in [5.74, 6) is 1.16. The van der Waals surface area contributed by atoms with Crippen molar-refractivity contribution in [1.29, 1.82) is 0 Å². The first-order valence-electron chi connectivity index (χ1n) is 25.8. The van der Waals surface area contributed by atoms with Crippen LogP contribution in [0, 0.1) is 0 Å². The fraction of sp³-hybridized carbons (Fsp3) is 0.143. The number of para-hydroxylation sites is 5. The van der Waals surface area contributed by atoms with Crippen LogP contribution in [0.2, 0.25) is 0 Å². The van der Waals surface area contributed by atoms with E-state index in [0.29, 0.717) is 17.8 Å². The molecule has 7 aliphatic heterocycles. The summed E-state index contributed by atoms with van der Waals surface area (Å²) in [6, 6.07) is 63.7. The molecule has 0 saturated carbocycles. The quantitative estimate of drug-likeness (QED) is 0.128. The molecule has 0 amide bonds. The smallest absolute Gasteiger partial charge is 0.252 e. The van der Waals surface area contributed by atoms with E-state index in [9.17, 15) is 0 Å². The number of nitrogens with zero attached hydrogens (tertiary/aromatic N) is 3. The van der Waals surface area contributed by atoms with Gasteiger partial charge in [0.05, 0.1) is 39.8 Å². The van der Waals surface area contributed by atoms with Crippen molar-refractivity contribution < 1.29 is 0 Å². The van der Waals surface area contributed by atoms with Crippen molar-refractivity contribution in [1.82, 2.24) is 0 Å². The summed E-state index contributed by atoms with van der Waals surface area (Å²) in [5.41, 5.74) is 24.5. The minimum atomic E-state index is -2.66. The molecule has 7 aliphatic rings. The molecule has 7 heterocycles. The van der Waals surface area contributed by atoms with Gasteiger partial charge in [0, 0.05) is 59.0 Å². The zero-order chi connectivity index (χ0) is 48.2. The normalized spacial score (nSPS) is 18.0. The number of rotatable bonds is 4. The van der Waals surface area contributed by atoms with E-state index in [0.717, 1.165) is 0 Å². The maximum atomic E-state index is 7.63. The van der Waals surface area contributed by atoms with E-state index in [2.05, 4.69) is 226 Å². The average molecular weight is 996 g/mol. The molecule has 2 unspecified atom stereocenters. The van der Waals surface area contributed by atoms with Gasteiger partial charge >= 0.3 is 0 Å². The maximum absolute atomic E-state index is 7.63. The highest BCUT2D eigenvalue weighted by Crippen LogP contribution is 2.67. The van der Waals surface area contributed by atoms with Crippen molar-refractivity contribution in [2.45, 2.75) is 69.1 Å². The van der Waals surface area contributed by atoms with Gasteiger partial charge in [0.15, 0.2) is 0 Å². The molecule has 0 aliphatic carbocycles. The Balaban J connectivity index is 1.08. The molecule has 2 atom stereocenters. The second kappa shape index (κ2) is 14.8. The number of fused-ring (bicyclic) bond motifs is 20. The predicted octanol–water partition coefficient (Wildman–Crippen LogP) is 10.4. The summed E-state index contributed by atoms with van der Waals surface area (Å²) in [6.45, 7) is 14.4. The van der Waals surface area contributed by atoms with Gasteiger partial charge in [0.2, 0.25) is 6.71 Å². The minimum absolute atomic E-state index is 0.0283. The molecule has 0 N–H and O–H groups in total. The Morgan fingerprint density at radius 1 is 0.444 bits per heavy atom. The zero-order valence-corrected chi connectivity index (χ0v) is 44.5. The topological polar surface area (TPSA) is 9.72 Å². The van der Waals surface area contributed by atoms with Crippen molar-refractivity contribution in [2.24, 2.45) is 0 Å². The van der Waals surface area contributed by atoms with Crippen LogP contribution in [0.3, 0.4) is 0 Å². The Hall–Kier alpha value is -6.06. The van der Waals surface area contributed by atoms with Gasteiger partial charge in [0.25, 0.3) is 6.71 Å². The summed E-state index contributed by atoms with van der Waals surface area (Å²) in [5, 5.41) is 8.26. The average Bonchev–Trinajstić information content (AvgIpc) is 3.41. The van der Waals surface area contributed by atoms with E-state index >= 15 is 0 Å². The molecule has 0 saturated heterocycles. The van der Waals surface area contributed by atoms with Crippen LogP contribution in [0.15, 0.2) is 180 Å². The van der Waals surface area contributed by atoms with Crippen LogP contribution in [-0.4, -0.2) is 13.4 Å². The third kappa shape index (κ3) is 5.14. The third-order valence-electron chi connectivity index (χ3n) is 17.0. The van der Waals surface area contributed by atoms with Crippen LogP contribution in [0.5, 0.6) is 0 Å². The predicted molar refractivity (Wildman–Crippen MR) is 318 cm³/mol. The fourth-order valence-corrected chi connectivity index (χ4v) is 23.0. The van der Waals surface area contributed by atoms with Crippen LogP contribution in [0.25, 0.3) is 0 Å².